The number of fused-ring (bicyclic) bond motifs is 1. The fourth-order valence-corrected chi connectivity index (χ4v) is 4.12. The Kier molecular flexibility index (Phi) is 8.29. The van der Waals surface area contributed by atoms with Crippen molar-refractivity contribution in [3.63, 3.8) is 0 Å². The van der Waals surface area contributed by atoms with Crippen molar-refractivity contribution in [1.29, 1.82) is 0 Å². The van der Waals surface area contributed by atoms with Crippen LogP contribution in [0.2, 0.25) is 13.1 Å². The number of hydrogen-bond donors (Lipinski definition) is 0. The van der Waals surface area contributed by atoms with E-state index in [4.69, 9.17) is 0 Å². The van der Waals surface area contributed by atoms with Gasteiger partial charge in [0.05, 0.1) is 8.80 Å². The molecule has 1 atom stereocenters. The van der Waals surface area contributed by atoms with Gasteiger partial charge >= 0.3 is 21.7 Å². The van der Waals surface area contributed by atoms with E-state index in [9.17, 15) is 0 Å². The van der Waals surface area contributed by atoms with Gasteiger partial charge in [-0.3, -0.25) is 0 Å². The van der Waals surface area contributed by atoms with Gasteiger partial charge < -0.3 is 14.9 Å². The van der Waals surface area contributed by atoms with Crippen molar-refractivity contribution >= 4 is 14.9 Å². The Balaban J connectivity index is 0. The second kappa shape index (κ2) is 7.26. The van der Waals surface area contributed by atoms with E-state index >= 15 is 0 Å². The molecule has 2 rings (SSSR count). The smallest absolute Gasteiger partial charge is 0.358 e. The fourth-order valence-electron chi connectivity index (χ4n) is 2.25. The Morgan fingerprint density at radius 1 is 1.06 bits per heavy atom. The summed E-state index contributed by atoms with van der Waals surface area (Å²) in [5, 5.41) is 0. The summed E-state index contributed by atoms with van der Waals surface area (Å²) in [6.07, 6.45) is 2.34. The largest absolute Gasteiger partial charge is 2.00 e. The van der Waals surface area contributed by atoms with E-state index in [1.807, 2.05) is 0 Å². The Morgan fingerprint density at radius 3 is 2.19 bits per heavy atom. The van der Waals surface area contributed by atoms with Gasteiger partial charge in [0, 0.05) is 0 Å². The van der Waals surface area contributed by atoms with Crippen molar-refractivity contribution in [2.75, 3.05) is 0 Å². The predicted octanol–water partition coefficient (Wildman–Crippen LogP) is 4.38. The monoisotopic (exact) mass is 265 g/mol. The maximum atomic E-state index is 2.40. The normalized spacial score (nSPS) is 16.5. The van der Waals surface area contributed by atoms with Crippen LogP contribution in [0.15, 0.2) is 29.8 Å². The summed E-state index contributed by atoms with van der Waals surface area (Å²) >= 11 is 0. The maximum absolute atomic E-state index is 2.40. The molecule has 0 saturated heterocycles. The van der Waals surface area contributed by atoms with Crippen molar-refractivity contribution in [3.05, 3.63) is 55.8 Å². The van der Waals surface area contributed by atoms with Gasteiger partial charge in [-0.15, -0.1) is 0 Å². The van der Waals surface area contributed by atoms with Crippen LogP contribution in [0.1, 0.15) is 23.6 Å². The van der Waals surface area contributed by atoms with Crippen molar-refractivity contribution in [3.8, 4) is 0 Å². The van der Waals surface area contributed by atoms with Crippen LogP contribution >= 0.6 is 0 Å². The molecule has 2 heteroatoms. The minimum Gasteiger partial charge on any atom is -0.358 e. The average Bonchev–Trinajstić information content (AvgIpc) is 2.39. The van der Waals surface area contributed by atoms with Crippen LogP contribution in [-0.4, -0.2) is 8.80 Å². The molecule has 0 heterocycles. The first-order valence-corrected chi connectivity index (χ1v) is 7.35. The molecule has 0 saturated carbocycles. The molecule has 85 valence electrons. The van der Waals surface area contributed by atoms with E-state index < -0.39 is 0 Å². The number of hydrogen-bond acceptors (Lipinski definition) is 0. The fraction of sp³-hybridized carbons (Fsp3) is 0.286. The zero-order valence-corrected chi connectivity index (χ0v) is 13.5. The predicted molar refractivity (Wildman–Crippen MR) is 73.1 cm³/mol. The van der Waals surface area contributed by atoms with Crippen molar-refractivity contribution in [1.82, 2.24) is 0 Å². The first-order chi connectivity index (χ1) is 6.20. The SMILES string of the molecule is CC1=Cc2ccccc2C1[Si](C)C.[CH3-].[CH3-].[Ti+2]. The molecule has 1 aromatic rings. The second-order valence-electron chi connectivity index (χ2n) is 4.03. The third-order valence-electron chi connectivity index (χ3n) is 2.72. The number of rotatable bonds is 1. The zero-order chi connectivity index (χ0) is 9.42. The number of allylic oxidation sites excluding steroid dienone is 1. The van der Waals surface area contributed by atoms with Gasteiger partial charge in [-0.25, -0.2) is 0 Å². The Bertz CT molecular complexity index is 356. The van der Waals surface area contributed by atoms with E-state index in [0.29, 0.717) is 0 Å². The summed E-state index contributed by atoms with van der Waals surface area (Å²) in [6.45, 7) is 7.06. The van der Waals surface area contributed by atoms with Crippen LogP contribution in [0.4, 0.5) is 0 Å². The van der Waals surface area contributed by atoms with Crippen molar-refractivity contribution in [2.45, 2.75) is 25.6 Å². The van der Waals surface area contributed by atoms with E-state index in [1.165, 1.54) is 5.56 Å². The third kappa shape index (κ3) is 3.19. The first kappa shape index (κ1) is 18.3. The van der Waals surface area contributed by atoms with E-state index in [0.717, 1.165) is 5.54 Å². The second-order valence-corrected chi connectivity index (χ2v) is 6.76. The van der Waals surface area contributed by atoms with E-state index in [1.54, 1.807) is 11.1 Å². The molecular weight excluding hydrogens is 244 g/mol. The minimum absolute atomic E-state index is 0. The van der Waals surface area contributed by atoms with Crippen LogP contribution < -0.4 is 0 Å². The van der Waals surface area contributed by atoms with Crippen LogP contribution in [0.5, 0.6) is 0 Å². The zero-order valence-electron chi connectivity index (χ0n) is 11.0. The van der Waals surface area contributed by atoms with Crippen LogP contribution in [0, 0.1) is 14.9 Å². The standard InChI is InChI=1S/C12H15Si.2CH3.Ti/c1-9-8-10-6-4-5-7-11(10)12(9)13(2)3;;;/h4-8,12H,1-3H3;2*1H3;/q;2*-1;+2. The van der Waals surface area contributed by atoms with Crippen molar-refractivity contribution < 1.29 is 21.7 Å². The summed E-state index contributed by atoms with van der Waals surface area (Å²) in [7, 11) is -0.241. The molecule has 1 aliphatic carbocycles. The van der Waals surface area contributed by atoms with Gasteiger partial charge in [-0.2, -0.15) is 0 Å². The number of benzene rings is 1. The molecule has 0 fully saturated rings. The molecule has 1 radical (unpaired) electrons. The van der Waals surface area contributed by atoms with Gasteiger partial charge in [-0.1, -0.05) is 49.0 Å². The van der Waals surface area contributed by atoms with Gasteiger partial charge in [-0.05, 0) is 23.6 Å². The Morgan fingerprint density at radius 2 is 1.62 bits per heavy atom. The summed E-state index contributed by atoms with van der Waals surface area (Å²) in [5.74, 6) is 0. The van der Waals surface area contributed by atoms with Crippen LogP contribution in [0.25, 0.3) is 6.08 Å². The molecular formula is C14H21SiTi. The molecule has 0 aliphatic heterocycles. The summed E-state index contributed by atoms with van der Waals surface area (Å²) in [6, 6.07) is 8.79. The molecule has 1 aromatic carbocycles. The first-order valence-electron chi connectivity index (χ1n) is 4.77. The topological polar surface area (TPSA) is 0 Å². The summed E-state index contributed by atoms with van der Waals surface area (Å²) in [4.78, 5) is 0. The van der Waals surface area contributed by atoms with E-state index in [2.05, 4.69) is 50.4 Å². The van der Waals surface area contributed by atoms with Gasteiger partial charge in [0.1, 0.15) is 0 Å². The molecule has 0 aromatic heterocycles. The summed E-state index contributed by atoms with van der Waals surface area (Å²) in [5.41, 5.74) is 5.30. The van der Waals surface area contributed by atoms with Crippen LogP contribution in [-0.2, 0) is 21.7 Å². The van der Waals surface area contributed by atoms with Gasteiger partial charge in [0.15, 0.2) is 0 Å². The average molecular weight is 265 g/mol. The van der Waals surface area contributed by atoms with Crippen LogP contribution in [0.3, 0.4) is 0 Å². The van der Waals surface area contributed by atoms with E-state index in [-0.39, 0.29) is 45.4 Å². The quantitative estimate of drug-likeness (QED) is 0.522. The summed E-state index contributed by atoms with van der Waals surface area (Å²) < 4.78 is 0. The molecule has 1 aliphatic rings. The molecule has 0 nitrogen and oxygen atoms in total. The van der Waals surface area contributed by atoms with Crippen molar-refractivity contribution in [2.24, 2.45) is 0 Å². The Labute approximate surface area is 118 Å². The molecule has 16 heavy (non-hydrogen) atoms. The molecule has 1 unspecified atom stereocenters. The molecule has 0 N–H and O–H groups in total. The molecule has 0 amide bonds. The Hall–Kier alpha value is -0.109. The third-order valence-corrected chi connectivity index (χ3v) is 4.64. The van der Waals surface area contributed by atoms with Gasteiger partial charge in [0.25, 0.3) is 0 Å². The maximum Gasteiger partial charge on any atom is 2.00 e. The minimum atomic E-state index is -0.241. The van der Waals surface area contributed by atoms with Gasteiger partial charge in [0.2, 0.25) is 0 Å². The molecule has 0 bridgehead atoms. The molecule has 0 spiro atoms.